The summed E-state index contributed by atoms with van der Waals surface area (Å²) in [5.74, 6) is -1.16. The molecule has 20 heavy (non-hydrogen) atoms. The van der Waals surface area contributed by atoms with Crippen molar-refractivity contribution < 1.29 is 14.6 Å². The first-order chi connectivity index (χ1) is 9.65. The summed E-state index contributed by atoms with van der Waals surface area (Å²) in [4.78, 5) is 13.3. The lowest BCUT2D eigenvalue weighted by Crippen LogP contribution is -2.40. The largest absolute Gasteiger partial charge is 0.481 e. The summed E-state index contributed by atoms with van der Waals surface area (Å²) in [5.41, 5.74) is 4.21. The number of likely N-dealkylation sites (N-methyl/N-ethyl adjacent to an activating group) is 1. The zero-order valence-corrected chi connectivity index (χ0v) is 11.8. The lowest BCUT2D eigenvalue weighted by Gasteiger charge is -2.26. The minimum Gasteiger partial charge on any atom is -0.481 e. The second kappa shape index (κ2) is 5.54. The van der Waals surface area contributed by atoms with E-state index >= 15 is 0 Å². The fourth-order valence-electron chi connectivity index (χ4n) is 3.34. The molecule has 0 radical (unpaired) electrons. The molecule has 2 unspecified atom stereocenters. The van der Waals surface area contributed by atoms with Gasteiger partial charge in [-0.15, -0.1) is 0 Å². The molecule has 0 aromatic heterocycles. The van der Waals surface area contributed by atoms with Crippen molar-refractivity contribution in [1.29, 1.82) is 0 Å². The van der Waals surface area contributed by atoms with Crippen LogP contribution in [0.2, 0.25) is 0 Å². The van der Waals surface area contributed by atoms with Gasteiger partial charge in [0, 0.05) is 12.6 Å². The van der Waals surface area contributed by atoms with Crippen molar-refractivity contribution in [1.82, 2.24) is 4.90 Å². The van der Waals surface area contributed by atoms with Crippen LogP contribution in [0.1, 0.15) is 23.1 Å². The molecule has 1 aliphatic carbocycles. The standard InChI is InChI=1S/C16H21NO3/c1-17(15-10-20-9-14(15)16(18)19)8-11-5-6-12-3-2-4-13(12)7-11/h5-7,14-15H,2-4,8-10H2,1H3,(H,18,19). The fraction of sp³-hybridized carbons (Fsp3) is 0.562. The van der Waals surface area contributed by atoms with Gasteiger partial charge in [0.15, 0.2) is 0 Å². The maximum Gasteiger partial charge on any atom is 0.310 e. The smallest absolute Gasteiger partial charge is 0.310 e. The Hall–Kier alpha value is -1.39. The van der Waals surface area contributed by atoms with Crippen molar-refractivity contribution in [2.45, 2.75) is 31.8 Å². The molecule has 108 valence electrons. The number of aryl methyl sites for hydroxylation is 2. The van der Waals surface area contributed by atoms with Crippen LogP contribution in [0, 0.1) is 5.92 Å². The molecule has 0 amide bonds. The molecule has 4 heteroatoms. The molecular weight excluding hydrogens is 254 g/mol. The highest BCUT2D eigenvalue weighted by molar-refractivity contribution is 5.71. The van der Waals surface area contributed by atoms with Gasteiger partial charge in [-0.25, -0.2) is 0 Å². The summed E-state index contributed by atoms with van der Waals surface area (Å²) in [7, 11) is 1.99. The molecule has 0 bridgehead atoms. The van der Waals surface area contributed by atoms with Gasteiger partial charge in [-0.1, -0.05) is 18.2 Å². The first-order valence-electron chi connectivity index (χ1n) is 7.26. The van der Waals surface area contributed by atoms with Gasteiger partial charge in [-0.2, -0.15) is 0 Å². The van der Waals surface area contributed by atoms with E-state index in [1.165, 1.54) is 36.0 Å². The Balaban J connectivity index is 1.69. The Morgan fingerprint density at radius 1 is 1.35 bits per heavy atom. The van der Waals surface area contributed by atoms with Crippen LogP contribution in [0.15, 0.2) is 18.2 Å². The van der Waals surface area contributed by atoms with Gasteiger partial charge >= 0.3 is 5.97 Å². The van der Waals surface area contributed by atoms with E-state index in [1.807, 2.05) is 7.05 Å². The molecule has 1 aromatic rings. The zero-order chi connectivity index (χ0) is 14.1. The molecule has 4 nitrogen and oxygen atoms in total. The van der Waals surface area contributed by atoms with E-state index in [0.29, 0.717) is 13.2 Å². The second-order valence-corrected chi connectivity index (χ2v) is 5.92. The predicted molar refractivity (Wildman–Crippen MR) is 75.7 cm³/mol. The molecule has 1 N–H and O–H groups in total. The lowest BCUT2D eigenvalue weighted by molar-refractivity contribution is -0.143. The first kappa shape index (κ1) is 13.6. The fourth-order valence-corrected chi connectivity index (χ4v) is 3.34. The highest BCUT2D eigenvalue weighted by atomic mass is 16.5. The second-order valence-electron chi connectivity index (χ2n) is 5.92. The highest BCUT2D eigenvalue weighted by Gasteiger charge is 2.36. The third-order valence-electron chi connectivity index (χ3n) is 4.53. The normalized spacial score (nSPS) is 25.1. The topological polar surface area (TPSA) is 49.8 Å². The number of fused-ring (bicyclic) bond motifs is 1. The van der Waals surface area contributed by atoms with Gasteiger partial charge in [0.2, 0.25) is 0 Å². The summed E-state index contributed by atoms with van der Waals surface area (Å²) in [5, 5.41) is 9.22. The molecule has 1 aliphatic heterocycles. The van der Waals surface area contributed by atoms with Gasteiger partial charge in [0.05, 0.1) is 19.1 Å². The highest BCUT2D eigenvalue weighted by Crippen LogP contribution is 2.25. The monoisotopic (exact) mass is 275 g/mol. The van der Waals surface area contributed by atoms with Gasteiger partial charge in [0.1, 0.15) is 0 Å². The van der Waals surface area contributed by atoms with Crippen molar-refractivity contribution in [3.05, 3.63) is 34.9 Å². The van der Waals surface area contributed by atoms with E-state index in [1.54, 1.807) is 0 Å². The lowest BCUT2D eigenvalue weighted by atomic mass is 10.0. The van der Waals surface area contributed by atoms with Crippen LogP contribution in [0.3, 0.4) is 0 Å². The molecule has 2 atom stereocenters. The number of ether oxygens (including phenoxy) is 1. The van der Waals surface area contributed by atoms with Gasteiger partial charge in [-0.05, 0) is 43.0 Å². The number of benzene rings is 1. The SMILES string of the molecule is CN(Cc1ccc2c(c1)CCC2)C1COCC1C(=O)O. The van der Waals surface area contributed by atoms with E-state index < -0.39 is 11.9 Å². The van der Waals surface area contributed by atoms with E-state index in [0.717, 1.165) is 6.54 Å². The van der Waals surface area contributed by atoms with Crippen molar-refractivity contribution >= 4 is 5.97 Å². The average molecular weight is 275 g/mol. The van der Waals surface area contributed by atoms with Crippen molar-refractivity contribution in [3.8, 4) is 0 Å². The molecule has 0 spiro atoms. The Kier molecular flexibility index (Phi) is 3.76. The number of rotatable bonds is 4. The maximum atomic E-state index is 11.2. The molecule has 1 aromatic carbocycles. The number of carboxylic acids is 1. The maximum absolute atomic E-state index is 11.2. The summed E-state index contributed by atoms with van der Waals surface area (Å²) in [6.07, 6.45) is 3.63. The van der Waals surface area contributed by atoms with Crippen molar-refractivity contribution in [2.75, 3.05) is 20.3 Å². The molecule has 0 saturated carbocycles. The van der Waals surface area contributed by atoms with Gasteiger partial charge in [-0.3, -0.25) is 9.69 Å². The number of nitrogens with zero attached hydrogens (tertiary/aromatic N) is 1. The van der Waals surface area contributed by atoms with Crippen molar-refractivity contribution in [2.24, 2.45) is 5.92 Å². The number of aliphatic carboxylic acids is 1. The molecular formula is C16H21NO3. The van der Waals surface area contributed by atoms with E-state index in [2.05, 4.69) is 23.1 Å². The minimum atomic E-state index is -0.756. The number of carboxylic acid groups (broad SMARTS) is 1. The van der Waals surface area contributed by atoms with Crippen LogP contribution >= 0.6 is 0 Å². The van der Waals surface area contributed by atoms with Gasteiger partial charge < -0.3 is 9.84 Å². The third-order valence-corrected chi connectivity index (χ3v) is 4.53. The van der Waals surface area contributed by atoms with Crippen LogP contribution in [-0.2, 0) is 28.9 Å². The van der Waals surface area contributed by atoms with E-state index in [4.69, 9.17) is 4.74 Å². The van der Waals surface area contributed by atoms with Crippen LogP contribution in [0.4, 0.5) is 0 Å². The van der Waals surface area contributed by atoms with Crippen LogP contribution in [-0.4, -0.2) is 42.3 Å². The summed E-state index contributed by atoms with van der Waals surface area (Å²) < 4.78 is 5.34. The predicted octanol–water partition coefficient (Wildman–Crippen LogP) is 1.71. The Bertz CT molecular complexity index is 514. The first-order valence-corrected chi connectivity index (χ1v) is 7.26. The summed E-state index contributed by atoms with van der Waals surface area (Å²) in [6.45, 7) is 1.62. The Morgan fingerprint density at radius 3 is 2.95 bits per heavy atom. The summed E-state index contributed by atoms with van der Waals surface area (Å²) in [6, 6.07) is 6.66. The molecule has 1 heterocycles. The number of carbonyl (C=O) groups is 1. The average Bonchev–Trinajstić information content (AvgIpc) is 3.06. The minimum absolute atomic E-state index is 0.0271. The third kappa shape index (κ3) is 2.58. The molecule has 1 saturated heterocycles. The molecule has 2 aliphatic rings. The van der Waals surface area contributed by atoms with Crippen LogP contribution in [0.25, 0.3) is 0 Å². The molecule has 3 rings (SSSR count). The van der Waals surface area contributed by atoms with Crippen LogP contribution < -0.4 is 0 Å². The summed E-state index contributed by atoms with van der Waals surface area (Å²) >= 11 is 0. The van der Waals surface area contributed by atoms with Crippen molar-refractivity contribution in [3.63, 3.8) is 0 Å². The number of hydrogen-bond donors (Lipinski definition) is 1. The van der Waals surface area contributed by atoms with E-state index in [-0.39, 0.29) is 6.04 Å². The Morgan fingerprint density at radius 2 is 2.15 bits per heavy atom. The zero-order valence-electron chi connectivity index (χ0n) is 11.8. The van der Waals surface area contributed by atoms with Crippen LogP contribution in [0.5, 0.6) is 0 Å². The number of hydrogen-bond acceptors (Lipinski definition) is 3. The quantitative estimate of drug-likeness (QED) is 0.909. The Labute approximate surface area is 119 Å². The van der Waals surface area contributed by atoms with E-state index in [9.17, 15) is 9.90 Å². The van der Waals surface area contributed by atoms with Gasteiger partial charge in [0.25, 0.3) is 0 Å². The molecule has 1 fully saturated rings.